The first-order chi connectivity index (χ1) is 7.26. The molecule has 0 spiro atoms. The Morgan fingerprint density at radius 2 is 2.20 bits per heavy atom. The molecule has 0 saturated carbocycles. The van der Waals surface area contributed by atoms with Crippen molar-refractivity contribution in [1.82, 2.24) is 0 Å². The molecule has 0 aliphatic heterocycles. The zero-order chi connectivity index (χ0) is 11.1. The van der Waals surface area contributed by atoms with E-state index in [1.54, 1.807) is 0 Å². The molecule has 0 N–H and O–H groups in total. The van der Waals surface area contributed by atoms with Crippen LogP contribution in [0.25, 0.3) is 0 Å². The van der Waals surface area contributed by atoms with Gasteiger partial charge in [0.2, 0.25) is 0 Å². The van der Waals surface area contributed by atoms with Crippen molar-refractivity contribution >= 4 is 0 Å². The molecule has 0 bridgehead atoms. The van der Waals surface area contributed by atoms with Gasteiger partial charge in [-0.05, 0) is 50.1 Å². The largest absolute Gasteiger partial charge is 0.458 e. The van der Waals surface area contributed by atoms with E-state index < -0.39 is 0 Å². The predicted octanol–water partition coefficient (Wildman–Crippen LogP) is 4.24. The summed E-state index contributed by atoms with van der Waals surface area (Å²) in [6, 6.07) is 8.06. The fourth-order valence-corrected chi connectivity index (χ4v) is 1.24. The number of benzene rings is 1. The van der Waals surface area contributed by atoms with Gasteiger partial charge < -0.3 is 4.74 Å². The van der Waals surface area contributed by atoms with Crippen LogP contribution in [0.1, 0.15) is 25.8 Å². The van der Waals surface area contributed by atoms with Crippen molar-refractivity contribution < 1.29 is 4.74 Å². The predicted molar refractivity (Wildman–Crippen MR) is 65.0 cm³/mol. The van der Waals surface area contributed by atoms with Gasteiger partial charge in [-0.2, -0.15) is 0 Å². The second kappa shape index (κ2) is 6.07. The Labute approximate surface area is 92.1 Å². The zero-order valence-corrected chi connectivity index (χ0v) is 9.66. The van der Waals surface area contributed by atoms with Crippen LogP contribution < -0.4 is 4.74 Å². The van der Waals surface area contributed by atoms with Crippen LogP contribution in [-0.4, -0.2) is 0 Å². The van der Waals surface area contributed by atoms with Crippen molar-refractivity contribution in [3.05, 3.63) is 53.8 Å². The summed E-state index contributed by atoms with van der Waals surface area (Å²) in [5, 5.41) is 0. The maximum absolute atomic E-state index is 5.72. The Morgan fingerprint density at radius 1 is 1.40 bits per heavy atom. The Morgan fingerprint density at radius 3 is 2.80 bits per heavy atom. The standard InChI is InChI=1S/C14H18O/c1-4-6-9-13(5-2)15-14-10-7-8-12(3)11-14/h5-11H,4H2,1-3H3/b9-6-,13-5+. The van der Waals surface area contributed by atoms with E-state index in [0.717, 1.165) is 17.9 Å². The minimum absolute atomic E-state index is 0.891. The van der Waals surface area contributed by atoms with Crippen LogP contribution >= 0.6 is 0 Å². The van der Waals surface area contributed by atoms with Gasteiger partial charge in [-0.1, -0.05) is 25.1 Å². The molecule has 0 aliphatic rings. The number of hydrogen-bond acceptors (Lipinski definition) is 1. The zero-order valence-electron chi connectivity index (χ0n) is 9.66. The van der Waals surface area contributed by atoms with E-state index in [9.17, 15) is 0 Å². The molecule has 0 unspecified atom stereocenters. The summed E-state index contributed by atoms with van der Waals surface area (Å²) in [5.74, 6) is 1.78. The summed E-state index contributed by atoms with van der Waals surface area (Å²) in [7, 11) is 0. The average Bonchev–Trinajstić information content (AvgIpc) is 2.24. The molecule has 1 aromatic rings. The number of aryl methyl sites for hydroxylation is 1. The molecule has 1 rings (SSSR count). The highest BCUT2D eigenvalue weighted by Gasteiger charge is 1.95. The second-order valence-electron chi connectivity index (χ2n) is 3.42. The van der Waals surface area contributed by atoms with Gasteiger partial charge in [-0.15, -0.1) is 0 Å². The van der Waals surface area contributed by atoms with Crippen molar-refractivity contribution in [1.29, 1.82) is 0 Å². The molecule has 0 atom stereocenters. The lowest BCUT2D eigenvalue weighted by molar-refractivity contribution is 0.443. The monoisotopic (exact) mass is 202 g/mol. The van der Waals surface area contributed by atoms with Crippen molar-refractivity contribution in [3.8, 4) is 5.75 Å². The van der Waals surface area contributed by atoms with Gasteiger partial charge in [0.25, 0.3) is 0 Å². The van der Waals surface area contributed by atoms with Crippen molar-refractivity contribution in [2.75, 3.05) is 0 Å². The van der Waals surface area contributed by atoms with Crippen LogP contribution in [0.2, 0.25) is 0 Å². The molecule has 1 aromatic carbocycles. The SMILES string of the molecule is C/C=C(\C=C/CC)Oc1cccc(C)c1. The number of rotatable bonds is 4. The molecule has 0 radical (unpaired) electrons. The molecule has 0 aromatic heterocycles. The number of allylic oxidation sites excluding steroid dienone is 3. The molecule has 80 valence electrons. The lowest BCUT2D eigenvalue weighted by atomic mass is 10.2. The first kappa shape index (κ1) is 11.6. The van der Waals surface area contributed by atoms with Gasteiger partial charge in [-0.25, -0.2) is 0 Å². The van der Waals surface area contributed by atoms with E-state index in [1.807, 2.05) is 37.3 Å². The number of hydrogen-bond donors (Lipinski definition) is 0. The summed E-state index contributed by atoms with van der Waals surface area (Å²) in [4.78, 5) is 0. The van der Waals surface area contributed by atoms with E-state index in [-0.39, 0.29) is 0 Å². The van der Waals surface area contributed by atoms with Crippen molar-refractivity contribution in [2.24, 2.45) is 0 Å². The minimum atomic E-state index is 0.891. The summed E-state index contributed by atoms with van der Waals surface area (Å²) >= 11 is 0. The van der Waals surface area contributed by atoms with Crippen molar-refractivity contribution in [2.45, 2.75) is 27.2 Å². The van der Waals surface area contributed by atoms with Gasteiger partial charge in [0, 0.05) is 0 Å². The molecule has 0 saturated heterocycles. The first-order valence-electron chi connectivity index (χ1n) is 5.33. The molecule has 0 fully saturated rings. The maximum Gasteiger partial charge on any atom is 0.127 e. The fourth-order valence-electron chi connectivity index (χ4n) is 1.24. The lowest BCUT2D eigenvalue weighted by Crippen LogP contribution is -1.91. The van der Waals surface area contributed by atoms with Crippen LogP contribution in [-0.2, 0) is 0 Å². The highest BCUT2D eigenvalue weighted by Crippen LogP contribution is 2.16. The molecular formula is C14H18O. The highest BCUT2D eigenvalue weighted by molar-refractivity contribution is 5.30. The Balaban J connectivity index is 2.72. The van der Waals surface area contributed by atoms with E-state index in [4.69, 9.17) is 4.74 Å². The van der Waals surface area contributed by atoms with Crippen LogP contribution in [0.4, 0.5) is 0 Å². The van der Waals surface area contributed by atoms with Gasteiger partial charge in [0.05, 0.1) is 0 Å². The highest BCUT2D eigenvalue weighted by atomic mass is 16.5. The fraction of sp³-hybridized carbons (Fsp3) is 0.286. The van der Waals surface area contributed by atoms with Gasteiger partial charge in [0.1, 0.15) is 11.5 Å². The van der Waals surface area contributed by atoms with Crippen LogP contribution in [0.5, 0.6) is 5.75 Å². The lowest BCUT2D eigenvalue weighted by Gasteiger charge is -2.06. The van der Waals surface area contributed by atoms with Gasteiger partial charge >= 0.3 is 0 Å². The quantitative estimate of drug-likeness (QED) is 0.524. The second-order valence-corrected chi connectivity index (χ2v) is 3.42. The Bertz CT molecular complexity index is 361. The summed E-state index contributed by atoms with van der Waals surface area (Å²) in [6.45, 7) is 6.14. The van der Waals surface area contributed by atoms with Crippen molar-refractivity contribution in [3.63, 3.8) is 0 Å². The molecule has 1 nitrogen and oxygen atoms in total. The third-order valence-corrected chi connectivity index (χ3v) is 2.03. The van der Waals surface area contributed by atoms with E-state index in [2.05, 4.69) is 26.0 Å². The van der Waals surface area contributed by atoms with Crippen LogP contribution in [0, 0.1) is 6.92 Å². The third kappa shape index (κ3) is 4.03. The van der Waals surface area contributed by atoms with E-state index in [0.29, 0.717) is 0 Å². The van der Waals surface area contributed by atoms with Gasteiger partial charge in [0.15, 0.2) is 0 Å². The van der Waals surface area contributed by atoms with Crippen LogP contribution in [0.15, 0.2) is 48.3 Å². The van der Waals surface area contributed by atoms with Crippen LogP contribution in [0.3, 0.4) is 0 Å². The smallest absolute Gasteiger partial charge is 0.127 e. The molecular weight excluding hydrogens is 184 g/mol. The first-order valence-corrected chi connectivity index (χ1v) is 5.33. The average molecular weight is 202 g/mol. The molecule has 0 heterocycles. The summed E-state index contributed by atoms with van der Waals surface area (Å²) in [6.07, 6.45) is 7.08. The summed E-state index contributed by atoms with van der Waals surface area (Å²) in [5.41, 5.74) is 1.21. The Hall–Kier alpha value is -1.50. The molecule has 1 heteroatoms. The minimum Gasteiger partial charge on any atom is -0.458 e. The molecule has 0 amide bonds. The van der Waals surface area contributed by atoms with E-state index in [1.165, 1.54) is 5.56 Å². The maximum atomic E-state index is 5.72. The summed E-state index contributed by atoms with van der Waals surface area (Å²) < 4.78 is 5.72. The number of ether oxygens (including phenoxy) is 1. The molecule has 15 heavy (non-hydrogen) atoms. The third-order valence-electron chi connectivity index (χ3n) is 2.03. The topological polar surface area (TPSA) is 9.23 Å². The normalized spacial score (nSPS) is 12.1. The van der Waals surface area contributed by atoms with E-state index >= 15 is 0 Å². The molecule has 0 aliphatic carbocycles. The van der Waals surface area contributed by atoms with Gasteiger partial charge in [-0.3, -0.25) is 0 Å². The Kier molecular flexibility index (Phi) is 4.69.